The zero-order valence-corrected chi connectivity index (χ0v) is 17.9. The molecule has 0 aliphatic rings. The number of benzene rings is 2. The highest BCUT2D eigenvalue weighted by Crippen LogP contribution is 2.27. The van der Waals surface area contributed by atoms with E-state index in [1.54, 1.807) is 12.1 Å². The van der Waals surface area contributed by atoms with Crippen LogP contribution in [0.2, 0.25) is 5.02 Å². The molecule has 6 nitrogen and oxygen atoms in total. The van der Waals surface area contributed by atoms with Crippen LogP contribution >= 0.6 is 23.4 Å². The summed E-state index contributed by atoms with van der Waals surface area (Å²) in [7, 11) is 0. The molecule has 0 aliphatic heterocycles. The SMILES string of the molecule is CCn1c(NC(=O)c2ccc(-n3cccc3)cc2)nnc1SCc1ccccc1Cl. The Kier molecular flexibility index (Phi) is 6.21. The van der Waals surface area contributed by atoms with Gasteiger partial charge in [-0.25, -0.2) is 0 Å². The van der Waals surface area contributed by atoms with Crippen molar-refractivity contribution in [3.8, 4) is 5.69 Å². The van der Waals surface area contributed by atoms with Crippen molar-refractivity contribution in [3.05, 3.63) is 89.2 Å². The smallest absolute Gasteiger partial charge is 0.258 e. The second-order valence-electron chi connectivity index (χ2n) is 6.52. The van der Waals surface area contributed by atoms with E-state index in [1.165, 1.54) is 11.8 Å². The minimum atomic E-state index is -0.223. The molecule has 0 fully saturated rings. The van der Waals surface area contributed by atoms with Crippen LogP contribution in [0.1, 0.15) is 22.8 Å². The van der Waals surface area contributed by atoms with Crippen LogP contribution in [0.15, 0.2) is 78.2 Å². The fourth-order valence-corrected chi connectivity index (χ4v) is 4.28. The largest absolute Gasteiger partial charge is 0.324 e. The van der Waals surface area contributed by atoms with Crippen molar-refractivity contribution < 1.29 is 4.79 Å². The van der Waals surface area contributed by atoms with Gasteiger partial charge in [-0.05, 0) is 55.0 Å². The molecule has 0 saturated heterocycles. The standard InChI is InChI=1S/C22H20ClN5OS/c1-2-28-21(25-26-22(28)30-15-17-7-3-4-8-19(17)23)24-20(29)16-9-11-18(12-10-16)27-13-5-6-14-27/h3-14H,2,15H2,1H3,(H,24,25,29). The Morgan fingerprint density at radius 2 is 1.77 bits per heavy atom. The average Bonchev–Trinajstić information content (AvgIpc) is 3.43. The number of halogens is 1. The molecule has 0 saturated carbocycles. The molecule has 1 amide bonds. The maximum absolute atomic E-state index is 12.7. The minimum Gasteiger partial charge on any atom is -0.324 e. The molecule has 1 N–H and O–H groups in total. The van der Waals surface area contributed by atoms with E-state index in [0.29, 0.717) is 23.8 Å². The number of carbonyl (C=O) groups is 1. The van der Waals surface area contributed by atoms with E-state index in [1.807, 2.05) is 77.0 Å². The number of thioether (sulfide) groups is 1. The van der Waals surface area contributed by atoms with Gasteiger partial charge in [0.1, 0.15) is 0 Å². The summed E-state index contributed by atoms with van der Waals surface area (Å²) in [5.41, 5.74) is 2.58. The van der Waals surface area contributed by atoms with E-state index in [4.69, 9.17) is 11.6 Å². The molecule has 8 heteroatoms. The van der Waals surface area contributed by atoms with Crippen LogP contribution in [-0.2, 0) is 12.3 Å². The molecule has 2 aromatic carbocycles. The lowest BCUT2D eigenvalue weighted by molar-refractivity contribution is 0.102. The number of hydrogen-bond acceptors (Lipinski definition) is 4. The lowest BCUT2D eigenvalue weighted by atomic mass is 10.2. The fourth-order valence-electron chi connectivity index (χ4n) is 3.00. The van der Waals surface area contributed by atoms with Crippen molar-refractivity contribution in [1.82, 2.24) is 19.3 Å². The molecular formula is C22H20ClN5OS. The molecule has 0 radical (unpaired) electrons. The minimum absolute atomic E-state index is 0.223. The Labute approximate surface area is 183 Å². The molecule has 0 aliphatic carbocycles. The topological polar surface area (TPSA) is 64.7 Å². The summed E-state index contributed by atoms with van der Waals surface area (Å²) in [6.07, 6.45) is 3.92. The summed E-state index contributed by atoms with van der Waals surface area (Å²) < 4.78 is 3.87. The van der Waals surface area contributed by atoms with Gasteiger partial charge in [-0.15, -0.1) is 10.2 Å². The van der Waals surface area contributed by atoms with Crippen molar-refractivity contribution in [1.29, 1.82) is 0 Å². The van der Waals surface area contributed by atoms with Gasteiger partial charge in [0.25, 0.3) is 5.91 Å². The summed E-state index contributed by atoms with van der Waals surface area (Å²) >= 11 is 7.77. The van der Waals surface area contributed by atoms with E-state index >= 15 is 0 Å². The zero-order valence-electron chi connectivity index (χ0n) is 16.3. The molecule has 2 heterocycles. The van der Waals surface area contributed by atoms with Gasteiger partial charge in [0.05, 0.1) is 0 Å². The first-order valence-corrected chi connectivity index (χ1v) is 10.9. The van der Waals surface area contributed by atoms with E-state index < -0.39 is 0 Å². The number of amides is 1. The molecule has 152 valence electrons. The average molecular weight is 438 g/mol. The molecule has 0 atom stereocenters. The van der Waals surface area contributed by atoms with Gasteiger partial charge in [-0.1, -0.05) is 41.6 Å². The van der Waals surface area contributed by atoms with Crippen molar-refractivity contribution in [2.24, 2.45) is 0 Å². The van der Waals surface area contributed by atoms with E-state index in [-0.39, 0.29) is 5.91 Å². The van der Waals surface area contributed by atoms with Crippen LogP contribution in [0.3, 0.4) is 0 Å². The molecular weight excluding hydrogens is 418 g/mol. The Bertz CT molecular complexity index is 1140. The molecule has 4 rings (SSSR count). The maximum Gasteiger partial charge on any atom is 0.258 e. The molecule has 0 bridgehead atoms. The Balaban J connectivity index is 1.45. The van der Waals surface area contributed by atoms with Crippen molar-refractivity contribution in [2.75, 3.05) is 5.32 Å². The van der Waals surface area contributed by atoms with Crippen LogP contribution in [-0.4, -0.2) is 25.2 Å². The summed E-state index contributed by atoms with van der Waals surface area (Å²) in [5.74, 6) is 0.879. The van der Waals surface area contributed by atoms with Crippen LogP contribution in [0.5, 0.6) is 0 Å². The highest BCUT2D eigenvalue weighted by molar-refractivity contribution is 7.98. The van der Waals surface area contributed by atoms with Gasteiger partial charge >= 0.3 is 0 Å². The van der Waals surface area contributed by atoms with E-state index in [2.05, 4.69) is 15.5 Å². The van der Waals surface area contributed by atoms with Crippen LogP contribution in [0, 0.1) is 0 Å². The van der Waals surface area contributed by atoms with Crippen molar-refractivity contribution >= 4 is 35.2 Å². The summed E-state index contributed by atoms with van der Waals surface area (Å²) in [4.78, 5) is 12.7. The summed E-state index contributed by atoms with van der Waals surface area (Å²) in [5, 5.41) is 12.7. The van der Waals surface area contributed by atoms with Crippen LogP contribution < -0.4 is 5.32 Å². The lowest BCUT2D eigenvalue weighted by Crippen LogP contribution is -2.16. The monoisotopic (exact) mass is 437 g/mol. The highest BCUT2D eigenvalue weighted by Gasteiger charge is 2.15. The zero-order chi connectivity index (χ0) is 20.9. The van der Waals surface area contributed by atoms with Gasteiger partial charge in [0, 0.05) is 41.0 Å². The first kappa shape index (κ1) is 20.3. The van der Waals surface area contributed by atoms with Gasteiger partial charge in [-0.3, -0.25) is 14.7 Å². The van der Waals surface area contributed by atoms with Crippen LogP contribution in [0.25, 0.3) is 5.69 Å². The quantitative estimate of drug-likeness (QED) is 0.399. The van der Waals surface area contributed by atoms with E-state index in [9.17, 15) is 4.79 Å². The second-order valence-corrected chi connectivity index (χ2v) is 7.87. The van der Waals surface area contributed by atoms with Gasteiger partial charge < -0.3 is 4.57 Å². The van der Waals surface area contributed by atoms with E-state index in [0.717, 1.165) is 21.4 Å². The summed E-state index contributed by atoms with van der Waals surface area (Å²) in [6, 6.07) is 19.0. The number of nitrogens with zero attached hydrogens (tertiary/aromatic N) is 4. The van der Waals surface area contributed by atoms with Crippen molar-refractivity contribution in [2.45, 2.75) is 24.4 Å². The number of hydrogen-bond donors (Lipinski definition) is 1. The predicted molar refractivity (Wildman–Crippen MR) is 120 cm³/mol. The third kappa shape index (κ3) is 4.42. The number of anilines is 1. The predicted octanol–water partition coefficient (Wildman–Crippen LogP) is 5.29. The lowest BCUT2D eigenvalue weighted by Gasteiger charge is -2.09. The number of rotatable bonds is 7. The Hall–Kier alpha value is -3.03. The molecule has 30 heavy (non-hydrogen) atoms. The summed E-state index contributed by atoms with van der Waals surface area (Å²) in [6.45, 7) is 2.63. The molecule has 0 unspecified atom stereocenters. The number of carbonyl (C=O) groups excluding carboxylic acids is 1. The molecule has 0 spiro atoms. The number of aromatic nitrogens is 4. The third-order valence-corrected chi connectivity index (χ3v) is 5.99. The normalized spacial score (nSPS) is 10.9. The maximum atomic E-state index is 12.7. The Morgan fingerprint density at radius 1 is 1.03 bits per heavy atom. The van der Waals surface area contributed by atoms with Gasteiger partial charge in [0.15, 0.2) is 5.16 Å². The fraction of sp³-hybridized carbons (Fsp3) is 0.136. The Morgan fingerprint density at radius 3 is 2.47 bits per heavy atom. The third-order valence-electron chi connectivity index (χ3n) is 4.61. The van der Waals surface area contributed by atoms with Gasteiger partial charge in [0.2, 0.25) is 5.95 Å². The van der Waals surface area contributed by atoms with Crippen LogP contribution in [0.4, 0.5) is 5.95 Å². The first-order chi connectivity index (χ1) is 14.7. The van der Waals surface area contributed by atoms with Gasteiger partial charge in [-0.2, -0.15) is 0 Å². The number of nitrogens with one attached hydrogen (secondary N) is 1. The van der Waals surface area contributed by atoms with Crippen molar-refractivity contribution in [3.63, 3.8) is 0 Å². The molecule has 4 aromatic rings. The second kappa shape index (κ2) is 9.19. The first-order valence-electron chi connectivity index (χ1n) is 9.50. The highest BCUT2D eigenvalue weighted by atomic mass is 35.5. The molecule has 2 aromatic heterocycles.